The maximum atomic E-state index is 11.8. The average Bonchev–Trinajstić information content (AvgIpc) is 2.53. The maximum Gasteiger partial charge on any atom is 0.250 e. The molecule has 1 aromatic heterocycles. The molecule has 3 nitrogen and oxygen atoms in total. The molecule has 6 heteroatoms. The Bertz CT molecular complexity index is 265. The van der Waals surface area contributed by atoms with Gasteiger partial charge in [-0.05, 0) is 6.54 Å². The lowest BCUT2D eigenvalue weighted by Crippen LogP contribution is -2.20. The number of alkyl halides is 2. The monoisotopic (exact) mass is 221 g/mol. The first-order chi connectivity index (χ1) is 6.72. The molecule has 80 valence electrons. The zero-order valence-electron chi connectivity index (χ0n) is 7.67. The van der Waals surface area contributed by atoms with Gasteiger partial charge in [-0.2, -0.15) is 0 Å². The van der Waals surface area contributed by atoms with Gasteiger partial charge in [0.15, 0.2) is 0 Å². The first-order valence-corrected chi connectivity index (χ1v) is 5.22. The van der Waals surface area contributed by atoms with Crippen molar-refractivity contribution in [1.29, 1.82) is 0 Å². The summed E-state index contributed by atoms with van der Waals surface area (Å²) < 4.78 is 23.5. The minimum Gasteiger partial charge on any atom is -0.330 e. The Kier molecular flexibility index (Phi) is 4.92. The van der Waals surface area contributed by atoms with E-state index in [9.17, 15) is 8.78 Å². The fourth-order valence-electron chi connectivity index (χ4n) is 0.978. The number of rotatable bonds is 6. The van der Waals surface area contributed by atoms with Crippen molar-refractivity contribution in [1.82, 2.24) is 10.3 Å². The van der Waals surface area contributed by atoms with E-state index in [4.69, 9.17) is 5.73 Å². The Hall–Kier alpha value is -0.590. The van der Waals surface area contributed by atoms with Crippen LogP contribution in [-0.4, -0.2) is 24.5 Å². The summed E-state index contributed by atoms with van der Waals surface area (Å²) in [5.41, 5.74) is 6.17. The molecule has 0 atom stereocenters. The van der Waals surface area contributed by atoms with E-state index in [1.54, 1.807) is 0 Å². The molecule has 0 unspecified atom stereocenters. The van der Waals surface area contributed by atoms with Gasteiger partial charge in [-0.25, -0.2) is 13.8 Å². The lowest BCUT2D eigenvalue weighted by molar-refractivity contribution is 0.145. The highest BCUT2D eigenvalue weighted by atomic mass is 32.1. The summed E-state index contributed by atoms with van der Waals surface area (Å²) in [5.74, 6) is 0. The van der Waals surface area contributed by atoms with Crippen LogP contribution in [0.5, 0.6) is 0 Å². The molecular weight excluding hydrogens is 208 g/mol. The Morgan fingerprint density at radius 1 is 1.57 bits per heavy atom. The minimum atomic E-state index is -2.31. The van der Waals surface area contributed by atoms with E-state index in [-0.39, 0.29) is 6.54 Å². The first kappa shape index (κ1) is 11.5. The third-order valence-electron chi connectivity index (χ3n) is 1.56. The second-order valence-electron chi connectivity index (χ2n) is 2.79. The number of halogens is 2. The van der Waals surface area contributed by atoms with Crippen molar-refractivity contribution in [3.8, 4) is 0 Å². The van der Waals surface area contributed by atoms with E-state index in [1.165, 1.54) is 11.3 Å². The van der Waals surface area contributed by atoms with Crippen molar-refractivity contribution in [2.45, 2.75) is 19.4 Å². The van der Waals surface area contributed by atoms with E-state index in [2.05, 4.69) is 10.3 Å². The Morgan fingerprint density at radius 3 is 3.00 bits per heavy atom. The van der Waals surface area contributed by atoms with Gasteiger partial charge in [0.2, 0.25) is 0 Å². The summed E-state index contributed by atoms with van der Waals surface area (Å²) in [6.07, 6.45) is -1.56. The topological polar surface area (TPSA) is 50.9 Å². The highest BCUT2D eigenvalue weighted by Gasteiger charge is 2.03. The number of nitrogens with zero attached hydrogens (tertiary/aromatic N) is 1. The standard InChI is InChI=1S/C8H13F2N3S/c9-7(10)4-12-3-6-5-14-8(13-6)1-2-11/h5,7,12H,1-4,11H2. The molecule has 0 amide bonds. The highest BCUT2D eigenvalue weighted by Crippen LogP contribution is 2.09. The normalized spacial score (nSPS) is 11.1. The van der Waals surface area contributed by atoms with Gasteiger partial charge in [-0.3, -0.25) is 0 Å². The first-order valence-electron chi connectivity index (χ1n) is 4.34. The van der Waals surface area contributed by atoms with Crippen molar-refractivity contribution in [3.05, 3.63) is 16.1 Å². The largest absolute Gasteiger partial charge is 0.330 e. The van der Waals surface area contributed by atoms with Crippen molar-refractivity contribution >= 4 is 11.3 Å². The van der Waals surface area contributed by atoms with Crippen LogP contribution in [0, 0.1) is 0 Å². The number of hydrogen-bond donors (Lipinski definition) is 2. The van der Waals surface area contributed by atoms with Crippen LogP contribution in [0.4, 0.5) is 8.78 Å². The van der Waals surface area contributed by atoms with E-state index in [0.717, 1.165) is 17.1 Å². The maximum absolute atomic E-state index is 11.8. The molecule has 0 spiro atoms. The number of aromatic nitrogens is 1. The molecule has 0 aromatic carbocycles. The van der Waals surface area contributed by atoms with Crippen molar-refractivity contribution in [2.75, 3.05) is 13.1 Å². The van der Waals surface area contributed by atoms with Gasteiger partial charge in [-0.1, -0.05) is 0 Å². The van der Waals surface area contributed by atoms with Crippen LogP contribution < -0.4 is 11.1 Å². The van der Waals surface area contributed by atoms with Crippen LogP contribution >= 0.6 is 11.3 Å². The third kappa shape index (κ3) is 4.08. The molecule has 0 saturated heterocycles. The predicted molar refractivity (Wildman–Crippen MR) is 52.6 cm³/mol. The van der Waals surface area contributed by atoms with Gasteiger partial charge < -0.3 is 11.1 Å². The molecule has 0 aliphatic carbocycles. The second kappa shape index (κ2) is 6.00. The molecule has 3 N–H and O–H groups in total. The van der Waals surface area contributed by atoms with E-state index < -0.39 is 6.43 Å². The second-order valence-corrected chi connectivity index (χ2v) is 3.74. The van der Waals surface area contributed by atoms with Crippen LogP contribution in [0.1, 0.15) is 10.7 Å². The quantitative estimate of drug-likeness (QED) is 0.753. The molecule has 14 heavy (non-hydrogen) atoms. The van der Waals surface area contributed by atoms with Crippen molar-refractivity contribution in [2.24, 2.45) is 5.73 Å². The fourth-order valence-corrected chi connectivity index (χ4v) is 1.79. The molecule has 1 rings (SSSR count). The zero-order chi connectivity index (χ0) is 10.4. The molecular formula is C8H13F2N3S. The highest BCUT2D eigenvalue weighted by molar-refractivity contribution is 7.09. The molecule has 1 heterocycles. The van der Waals surface area contributed by atoms with Gasteiger partial charge in [0.25, 0.3) is 6.43 Å². The number of nitrogens with two attached hydrogens (primary N) is 1. The van der Waals surface area contributed by atoms with Gasteiger partial charge in [-0.15, -0.1) is 11.3 Å². The number of thiazole rings is 1. The average molecular weight is 221 g/mol. The lowest BCUT2D eigenvalue weighted by Gasteiger charge is -2.00. The fraction of sp³-hybridized carbons (Fsp3) is 0.625. The van der Waals surface area contributed by atoms with Crippen molar-refractivity contribution < 1.29 is 8.78 Å². The third-order valence-corrected chi connectivity index (χ3v) is 2.52. The summed E-state index contributed by atoms with van der Waals surface area (Å²) in [6, 6.07) is 0. The van der Waals surface area contributed by atoms with E-state index >= 15 is 0 Å². The molecule has 0 fully saturated rings. The summed E-state index contributed by atoms with van der Waals surface area (Å²) in [6.45, 7) is 0.673. The minimum absolute atomic E-state index is 0.288. The van der Waals surface area contributed by atoms with E-state index in [0.29, 0.717) is 13.1 Å². The molecule has 0 radical (unpaired) electrons. The number of hydrogen-bond acceptors (Lipinski definition) is 4. The zero-order valence-corrected chi connectivity index (χ0v) is 8.49. The Balaban J connectivity index is 2.28. The van der Waals surface area contributed by atoms with Crippen molar-refractivity contribution in [3.63, 3.8) is 0 Å². The van der Waals surface area contributed by atoms with Gasteiger partial charge in [0.1, 0.15) is 0 Å². The summed E-state index contributed by atoms with van der Waals surface area (Å²) >= 11 is 1.51. The SMILES string of the molecule is NCCc1nc(CNCC(F)F)cs1. The van der Waals surface area contributed by atoms with Crippen LogP contribution in [-0.2, 0) is 13.0 Å². The molecule has 0 aliphatic rings. The van der Waals surface area contributed by atoms with Gasteiger partial charge in [0.05, 0.1) is 17.2 Å². The lowest BCUT2D eigenvalue weighted by atomic mass is 10.4. The summed E-state index contributed by atoms with van der Waals surface area (Å²) in [5, 5.41) is 5.44. The molecule has 0 aliphatic heterocycles. The van der Waals surface area contributed by atoms with E-state index in [1.807, 2.05) is 5.38 Å². The van der Waals surface area contributed by atoms with Crippen LogP contribution in [0.2, 0.25) is 0 Å². The smallest absolute Gasteiger partial charge is 0.250 e. The van der Waals surface area contributed by atoms with Gasteiger partial charge in [0, 0.05) is 18.3 Å². The molecule has 0 bridgehead atoms. The summed E-state index contributed by atoms with van der Waals surface area (Å²) in [4.78, 5) is 4.23. The van der Waals surface area contributed by atoms with Gasteiger partial charge >= 0.3 is 0 Å². The van der Waals surface area contributed by atoms with Crippen LogP contribution in [0.3, 0.4) is 0 Å². The summed E-state index contributed by atoms with van der Waals surface area (Å²) in [7, 11) is 0. The molecule has 1 aromatic rings. The Labute approximate surface area is 85.3 Å². The van der Waals surface area contributed by atoms with Crippen LogP contribution in [0.15, 0.2) is 5.38 Å². The predicted octanol–water partition coefficient (Wildman–Crippen LogP) is 0.999. The Morgan fingerprint density at radius 2 is 2.36 bits per heavy atom. The van der Waals surface area contributed by atoms with Crippen LogP contribution in [0.25, 0.3) is 0 Å². The number of nitrogens with one attached hydrogen (secondary N) is 1. The molecule has 0 saturated carbocycles.